The summed E-state index contributed by atoms with van der Waals surface area (Å²) in [7, 11) is 0. The topological polar surface area (TPSA) is 138 Å². The van der Waals surface area contributed by atoms with Crippen molar-refractivity contribution in [3.05, 3.63) is 33.7 Å². The van der Waals surface area contributed by atoms with Crippen molar-refractivity contribution in [2.24, 2.45) is 5.41 Å². The van der Waals surface area contributed by atoms with Crippen LogP contribution in [0.15, 0.2) is 17.1 Å². The molecule has 2 saturated heterocycles. The Morgan fingerprint density at radius 2 is 1.77 bits per heavy atom. The Kier molecular flexibility index (Phi) is 5.65. The van der Waals surface area contributed by atoms with Gasteiger partial charge in [-0.05, 0) is 43.6 Å². The van der Waals surface area contributed by atoms with Gasteiger partial charge in [0.2, 0.25) is 11.8 Å². The Bertz CT molecular complexity index is 973. The molecule has 1 saturated carbocycles. The maximum Gasteiger partial charge on any atom is 0.290 e. The van der Waals surface area contributed by atoms with Gasteiger partial charge in [-0.3, -0.25) is 29.3 Å². The van der Waals surface area contributed by atoms with Crippen molar-refractivity contribution in [3.63, 3.8) is 0 Å². The van der Waals surface area contributed by atoms with Crippen molar-refractivity contribution in [2.75, 3.05) is 13.1 Å². The van der Waals surface area contributed by atoms with Gasteiger partial charge in [0.05, 0.1) is 12.1 Å². The molecular weight excluding hydrogens is 404 g/mol. The van der Waals surface area contributed by atoms with E-state index in [4.69, 9.17) is 9.90 Å². The fraction of sp³-hybridized carbons (Fsp3) is 0.571. The molecule has 0 radical (unpaired) electrons. The number of nitrogens with one attached hydrogen (secondary N) is 2. The lowest BCUT2D eigenvalue weighted by molar-refractivity contribution is -0.137. The van der Waals surface area contributed by atoms with Gasteiger partial charge in [-0.1, -0.05) is 0 Å². The van der Waals surface area contributed by atoms with E-state index in [2.05, 4.69) is 10.6 Å². The molecule has 0 aromatic carbocycles. The number of hydrogen-bond donors (Lipinski definition) is 3. The maximum absolute atomic E-state index is 13.1. The number of imide groups is 1. The van der Waals surface area contributed by atoms with Crippen LogP contribution < -0.4 is 16.2 Å². The molecule has 1 aromatic heterocycles. The van der Waals surface area contributed by atoms with Crippen LogP contribution in [-0.4, -0.2) is 57.9 Å². The molecule has 10 nitrogen and oxygen atoms in total. The van der Waals surface area contributed by atoms with Crippen molar-refractivity contribution in [1.29, 1.82) is 0 Å². The molecule has 0 bridgehead atoms. The summed E-state index contributed by atoms with van der Waals surface area (Å²) >= 11 is 0. The van der Waals surface area contributed by atoms with E-state index in [1.807, 2.05) is 0 Å². The highest BCUT2D eigenvalue weighted by Gasteiger charge is 2.42. The molecule has 1 aliphatic carbocycles. The van der Waals surface area contributed by atoms with E-state index in [9.17, 15) is 19.2 Å². The Hall–Kier alpha value is -3.01. The SMILES string of the molecule is O=C1CC[C@@H](N2Cc3c(ccn(C4CCC5(CC4)CNC5)c3=O)C2=O)C(=O)N1.O=CO. The number of aromatic nitrogens is 1. The van der Waals surface area contributed by atoms with Gasteiger partial charge in [0.25, 0.3) is 17.9 Å². The van der Waals surface area contributed by atoms with Gasteiger partial charge in [-0.15, -0.1) is 0 Å². The third-order valence-corrected chi connectivity index (χ3v) is 7.03. The quantitative estimate of drug-likeness (QED) is 0.444. The average molecular weight is 430 g/mol. The van der Waals surface area contributed by atoms with Gasteiger partial charge in [0.15, 0.2) is 0 Å². The predicted octanol–water partition coefficient (Wildman–Crippen LogP) is 0.0148. The second-order valence-electron chi connectivity index (χ2n) is 8.76. The minimum Gasteiger partial charge on any atom is -0.483 e. The third kappa shape index (κ3) is 3.76. The summed E-state index contributed by atoms with van der Waals surface area (Å²) in [6.07, 6.45) is 6.45. The molecule has 3 aliphatic heterocycles. The maximum atomic E-state index is 13.1. The summed E-state index contributed by atoms with van der Waals surface area (Å²) in [4.78, 5) is 59.3. The lowest BCUT2D eigenvalue weighted by Crippen LogP contribution is -2.55. The molecule has 5 rings (SSSR count). The normalized spacial score (nSPS) is 24.7. The smallest absolute Gasteiger partial charge is 0.290 e. The van der Waals surface area contributed by atoms with Crippen LogP contribution in [0.25, 0.3) is 0 Å². The van der Waals surface area contributed by atoms with Crippen molar-refractivity contribution >= 4 is 24.2 Å². The first kappa shape index (κ1) is 21.2. The summed E-state index contributed by atoms with van der Waals surface area (Å²) in [5, 5.41) is 12.5. The van der Waals surface area contributed by atoms with E-state index in [0.717, 1.165) is 38.8 Å². The Labute approximate surface area is 178 Å². The average Bonchev–Trinajstić information content (AvgIpc) is 3.05. The van der Waals surface area contributed by atoms with Crippen LogP contribution in [0, 0.1) is 5.41 Å². The fourth-order valence-electron chi connectivity index (χ4n) is 5.19. The monoisotopic (exact) mass is 430 g/mol. The molecule has 1 spiro atoms. The molecule has 1 atom stereocenters. The van der Waals surface area contributed by atoms with Gasteiger partial charge >= 0.3 is 0 Å². The van der Waals surface area contributed by atoms with Crippen LogP contribution in [0.4, 0.5) is 0 Å². The largest absolute Gasteiger partial charge is 0.483 e. The number of rotatable bonds is 2. The van der Waals surface area contributed by atoms with Gasteiger partial charge in [-0.2, -0.15) is 0 Å². The van der Waals surface area contributed by atoms with E-state index < -0.39 is 11.9 Å². The lowest BCUT2D eigenvalue weighted by Gasteiger charge is -2.47. The van der Waals surface area contributed by atoms with Crippen LogP contribution in [-0.2, 0) is 20.9 Å². The van der Waals surface area contributed by atoms with Crippen molar-refractivity contribution in [2.45, 2.75) is 57.2 Å². The minimum atomic E-state index is -0.689. The van der Waals surface area contributed by atoms with E-state index in [-0.39, 0.29) is 42.9 Å². The predicted molar refractivity (Wildman–Crippen MR) is 108 cm³/mol. The number of fused-ring (bicyclic) bond motifs is 1. The standard InChI is InChI=1S/C20H24N4O4.CH2O2/c25-16-2-1-15(17(26)22-16)24-9-14-13(18(24)27)5-8-23(19(14)28)12-3-6-20(7-4-12)10-21-11-20;2-1-3/h5,8,12,15,21H,1-4,6-7,9-11H2,(H,22,25,26);1H,(H,2,3)/t15-;/m1./s1. The highest BCUT2D eigenvalue weighted by atomic mass is 16.3. The molecule has 3 N–H and O–H groups in total. The molecule has 3 amide bonds. The zero-order valence-electron chi connectivity index (χ0n) is 17.1. The Morgan fingerprint density at radius 1 is 1.10 bits per heavy atom. The summed E-state index contributed by atoms with van der Waals surface area (Å²) in [5.74, 6) is -1.06. The molecule has 3 fully saturated rings. The molecule has 4 aliphatic rings. The summed E-state index contributed by atoms with van der Waals surface area (Å²) in [6.45, 7) is 2.04. The number of piperidine rings is 1. The number of nitrogens with zero attached hydrogens (tertiary/aromatic N) is 2. The number of carbonyl (C=O) groups is 4. The first-order chi connectivity index (χ1) is 14.9. The summed E-state index contributed by atoms with van der Waals surface area (Å²) in [5.41, 5.74) is 1.17. The van der Waals surface area contributed by atoms with Crippen molar-refractivity contribution in [3.8, 4) is 0 Å². The van der Waals surface area contributed by atoms with Crippen LogP contribution in [0.2, 0.25) is 0 Å². The molecule has 31 heavy (non-hydrogen) atoms. The summed E-state index contributed by atoms with van der Waals surface area (Å²) in [6, 6.07) is 1.20. The number of carboxylic acid groups (broad SMARTS) is 1. The second kappa shape index (κ2) is 8.26. The van der Waals surface area contributed by atoms with E-state index >= 15 is 0 Å². The summed E-state index contributed by atoms with van der Waals surface area (Å²) < 4.78 is 1.79. The molecular formula is C21H26N4O6. The van der Waals surface area contributed by atoms with Crippen LogP contribution >= 0.6 is 0 Å². The van der Waals surface area contributed by atoms with Crippen molar-refractivity contribution < 1.29 is 24.3 Å². The Morgan fingerprint density at radius 3 is 2.35 bits per heavy atom. The van der Waals surface area contributed by atoms with Gasteiger partial charge in [-0.25, -0.2) is 0 Å². The number of carbonyl (C=O) groups excluding carboxylic acids is 3. The fourth-order valence-corrected chi connectivity index (χ4v) is 5.19. The van der Waals surface area contributed by atoms with E-state index in [1.165, 1.54) is 4.90 Å². The van der Waals surface area contributed by atoms with Crippen LogP contribution in [0.5, 0.6) is 0 Å². The van der Waals surface area contributed by atoms with Crippen LogP contribution in [0.1, 0.15) is 60.5 Å². The molecule has 1 aromatic rings. The zero-order chi connectivity index (χ0) is 22.2. The minimum absolute atomic E-state index is 0.117. The second-order valence-corrected chi connectivity index (χ2v) is 8.76. The molecule has 10 heteroatoms. The molecule has 0 unspecified atom stereocenters. The number of hydrogen-bond acceptors (Lipinski definition) is 6. The highest BCUT2D eigenvalue weighted by molar-refractivity contribution is 6.05. The van der Waals surface area contributed by atoms with E-state index in [1.54, 1.807) is 16.8 Å². The van der Waals surface area contributed by atoms with Crippen molar-refractivity contribution in [1.82, 2.24) is 20.1 Å². The number of pyridine rings is 1. The molecule has 4 heterocycles. The van der Waals surface area contributed by atoms with Gasteiger partial charge < -0.3 is 19.9 Å². The molecule has 166 valence electrons. The first-order valence-corrected chi connectivity index (χ1v) is 10.6. The van der Waals surface area contributed by atoms with Gasteiger partial charge in [0, 0.05) is 37.3 Å². The lowest BCUT2D eigenvalue weighted by atomic mass is 9.68. The van der Waals surface area contributed by atoms with Crippen LogP contribution in [0.3, 0.4) is 0 Å². The van der Waals surface area contributed by atoms with Gasteiger partial charge in [0.1, 0.15) is 6.04 Å². The first-order valence-electron chi connectivity index (χ1n) is 10.6. The van der Waals surface area contributed by atoms with E-state index in [0.29, 0.717) is 23.0 Å². The zero-order valence-corrected chi connectivity index (χ0v) is 17.1. The number of amides is 3. The highest BCUT2D eigenvalue weighted by Crippen LogP contribution is 2.43. The Balaban J connectivity index is 0.000000730. The third-order valence-electron chi connectivity index (χ3n) is 7.03.